The van der Waals surface area contributed by atoms with E-state index >= 15 is 0 Å². The van der Waals surface area contributed by atoms with Crippen LogP contribution >= 0.6 is 0 Å². The van der Waals surface area contributed by atoms with Crippen LogP contribution in [0.3, 0.4) is 0 Å². The van der Waals surface area contributed by atoms with E-state index in [9.17, 15) is 0 Å². The van der Waals surface area contributed by atoms with Crippen molar-refractivity contribution in [2.24, 2.45) is 5.73 Å². The van der Waals surface area contributed by atoms with Gasteiger partial charge in [-0.15, -0.1) is 0 Å². The molecule has 0 aromatic carbocycles. The predicted octanol–water partition coefficient (Wildman–Crippen LogP) is 0.936. The number of nitrogens with zero attached hydrogens (tertiary/aromatic N) is 1. The first-order chi connectivity index (χ1) is 6.38. The summed E-state index contributed by atoms with van der Waals surface area (Å²) in [5.74, 6) is 0. The maximum Gasteiger partial charge on any atom is 0.0860 e. The van der Waals surface area contributed by atoms with Crippen LogP contribution in [0, 0.1) is 0 Å². The van der Waals surface area contributed by atoms with Crippen LogP contribution < -0.4 is 5.73 Å². The van der Waals surface area contributed by atoms with Gasteiger partial charge in [0.05, 0.1) is 12.3 Å². The minimum absolute atomic E-state index is 0.155. The Balaban J connectivity index is 1.83. The quantitative estimate of drug-likeness (QED) is 0.694. The SMILES string of the molecule is NC(C1CCCO1)N1CCCCC1. The van der Waals surface area contributed by atoms with Crippen molar-refractivity contribution in [3.8, 4) is 0 Å². The van der Waals surface area contributed by atoms with Gasteiger partial charge in [-0.3, -0.25) is 4.90 Å². The summed E-state index contributed by atoms with van der Waals surface area (Å²) in [5, 5.41) is 0. The van der Waals surface area contributed by atoms with Gasteiger partial charge in [0, 0.05) is 6.61 Å². The molecule has 0 radical (unpaired) electrons. The highest BCUT2D eigenvalue weighted by atomic mass is 16.5. The van der Waals surface area contributed by atoms with Gasteiger partial charge >= 0.3 is 0 Å². The standard InChI is InChI=1S/C10H20N2O/c11-10(9-5-4-8-13-9)12-6-2-1-3-7-12/h9-10H,1-8,11H2. The van der Waals surface area contributed by atoms with Crippen LogP contribution in [0.25, 0.3) is 0 Å². The average molecular weight is 184 g/mol. The summed E-state index contributed by atoms with van der Waals surface area (Å²) in [7, 11) is 0. The monoisotopic (exact) mass is 184 g/mol. The van der Waals surface area contributed by atoms with Gasteiger partial charge in [-0.1, -0.05) is 6.42 Å². The van der Waals surface area contributed by atoms with Crippen molar-refractivity contribution in [1.82, 2.24) is 4.90 Å². The summed E-state index contributed by atoms with van der Waals surface area (Å²) in [6.07, 6.45) is 6.78. The van der Waals surface area contributed by atoms with E-state index < -0.39 is 0 Å². The molecule has 0 aliphatic carbocycles. The molecule has 2 aliphatic rings. The molecule has 2 unspecified atom stereocenters. The van der Waals surface area contributed by atoms with Crippen LogP contribution in [-0.2, 0) is 4.74 Å². The molecule has 13 heavy (non-hydrogen) atoms. The maximum atomic E-state index is 6.15. The zero-order valence-electron chi connectivity index (χ0n) is 8.24. The highest BCUT2D eigenvalue weighted by Crippen LogP contribution is 2.19. The highest BCUT2D eigenvalue weighted by Gasteiger charge is 2.28. The van der Waals surface area contributed by atoms with Gasteiger partial charge in [0.15, 0.2) is 0 Å². The van der Waals surface area contributed by atoms with Crippen molar-refractivity contribution < 1.29 is 4.74 Å². The fourth-order valence-electron chi connectivity index (χ4n) is 2.32. The molecule has 0 amide bonds. The molecule has 0 aromatic heterocycles. The Kier molecular flexibility index (Phi) is 3.19. The van der Waals surface area contributed by atoms with Crippen LogP contribution in [0.2, 0.25) is 0 Å². The Morgan fingerprint density at radius 2 is 1.92 bits per heavy atom. The zero-order chi connectivity index (χ0) is 9.10. The number of hydrogen-bond acceptors (Lipinski definition) is 3. The molecule has 2 saturated heterocycles. The fourth-order valence-corrected chi connectivity index (χ4v) is 2.32. The summed E-state index contributed by atoms with van der Waals surface area (Å²) < 4.78 is 5.60. The lowest BCUT2D eigenvalue weighted by Gasteiger charge is -2.34. The first kappa shape index (κ1) is 9.44. The van der Waals surface area contributed by atoms with Crippen LogP contribution in [-0.4, -0.2) is 36.9 Å². The molecule has 0 saturated carbocycles. The molecule has 0 aromatic rings. The largest absolute Gasteiger partial charge is 0.375 e. The van der Waals surface area contributed by atoms with E-state index in [-0.39, 0.29) is 6.17 Å². The lowest BCUT2D eigenvalue weighted by molar-refractivity contribution is 0.0186. The molecule has 2 aliphatic heterocycles. The summed E-state index contributed by atoms with van der Waals surface area (Å²) >= 11 is 0. The van der Waals surface area contributed by atoms with Gasteiger partial charge in [-0.2, -0.15) is 0 Å². The summed E-state index contributed by atoms with van der Waals surface area (Å²) in [4.78, 5) is 2.39. The number of hydrogen-bond donors (Lipinski definition) is 1. The smallest absolute Gasteiger partial charge is 0.0860 e. The van der Waals surface area contributed by atoms with E-state index in [1.165, 1.54) is 38.8 Å². The molecule has 2 fully saturated rings. The van der Waals surface area contributed by atoms with Gasteiger partial charge in [-0.25, -0.2) is 0 Å². The summed E-state index contributed by atoms with van der Waals surface area (Å²) in [5.41, 5.74) is 6.15. The Morgan fingerprint density at radius 3 is 2.54 bits per heavy atom. The third-order valence-corrected chi connectivity index (χ3v) is 3.16. The van der Waals surface area contributed by atoms with E-state index in [2.05, 4.69) is 4.90 Å². The van der Waals surface area contributed by atoms with Crippen molar-refractivity contribution in [2.45, 2.75) is 44.4 Å². The van der Waals surface area contributed by atoms with E-state index in [4.69, 9.17) is 10.5 Å². The first-order valence-corrected chi connectivity index (χ1v) is 5.49. The molecule has 0 spiro atoms. The van der Waals surface area contributed by atoms with Crippen molar-refractivity contribution in [3.05, 3.63) is 0 Å². The number of piperidine rings is 1. The number of likely N-dealkylation sites (tertiary alicyclic amines) is 1. The van der Waals surface area contributed by atoms with Gasteiger partial charge in [0.1, 0.15) is 0 Å². The van der Waals surface area contributed by atoms with Gasteiger partial charge in [0.25, 0.3) is 0 Å². The average Bonchev–Trinajstić information content (AvgIpc) is 2.71. The van der Waals surface area contributed by atoms with E-state index in [1.54, 1.807) is 0 Å². The second-order valence-electron chi connectivity index (χ2n) is 4.14. The molecule has 2 N–H and O–H groups in total. The first-order valence-electron chi connectivity index (χ1n) is 5.49. The van der Waals surface area contributed by atoms with Crippen molar-refractivity contribution >= 4 is 0 Å². The van der Waals surface area contributed by atoms with Crippen LogP contribution in [0.4, 0.5) is 0 Å². The third kappa shape index (κ3) is 2.22. The lowest BCUT2D eigenvalue weighted by atomic mass is 10.1. The molecule has 2 heterocycles. The predicted molar refractivity (Wildman–Crippen MR) is 52.4 cm³/mol. The van der Waals surface area contributed by atoms with Crippen LogP contribution in [0.15, 0.2) is 0 Å². The minimum atomic E-state index is 0.155. The Hall–Kier alpha value is -0.120. The number of ether oxygens (including phenoxy) is 1. The summed E-state index contributed by atoms with van der Waals surface area (Å²) in [6, 6.07) is 0. The number of rotatable bonds is 2. The Labute approximate surface area is 80.2 Å². The Bertz CT molecular complexity index is 151. The summed E-state index contributed by atoms with van der Waals surface area (Å²) in [6.45, 7) is 3.24. The molecular formula is C10H20N2O. The molecule has 0 bridgehead atoms. The highest BCUT2D eigenvalue weighted by molar-refractivity contribution is 4.80. The topological polar surface area (TPSA) is 38.5 Å². The minimum Gasteiger partial charge on any atom is -0.375 e. The number of nitrogens with two attached hydrogens (primary N) is 1. The van der Waals surface area contributed by atoms with Crippen molar-refractivity contribution in [3.63, 3.8) is 0 Å². The second kappa shape index (κ2) is 4.40. The molecule has 2 rings (SSSR count). The van der Waals surface area contributed by atoms with Crippen molar-refractivity contribution in [2.75, 3.05) is 19.7 Å². The second-order valence-corrected chi connectivity index (χ2v) is 4.14. The van der Waals surface area contributed by atoms with E-state index in [1.807, 2.05) is 0 Å². The third-order valence-electron chi connectivity index (χ3n) is 3.16. The van der Waals surface area contributed by atoms with Crippen LogP contribution in [0.1, 0.15) is 32.1 Å². The molecule has 76 valence electrons. The molecule has 3 nitrogen and oxygen atoms in total. The van der Waals surface area contributed by atoms with Gasteiger partial charge in [0.2, 0.25) is 0 Å². The normalized spacial score (nSPS) is 33.5. The van der Waals surface area contributed by atoms with Crippen molar-refractivity contribution in [1.29, 1.82) is 0 Å². The Morgan fingerprint density at radius 1 is 1.15 bits per heavy atom. The van der Waals surface area contributed by atoms with Crippen LogP contribution in [0.5, 0.6) is 0 Å². The fraction of sp³-hybridized carbons (Fsp3) is 1.00. The van der Waals surface area contributed by atoms with Gasteiger partial charge in [-0.05, 0) is 38.8 Å². The van der Waals surface area contributed by atoms with E-state index in [0.717, 1.165) is 13.0 Å². The zero-order valence-corrected chi connectivity index (χ0v) is 8.24. The van der Waals surface area contributed by atoms with Gasteiger partial charge < -0.3 is 10.5 Å². The molecule has 2 atom stereocenters. The molecular weight excluding hydrogens is 164 g/mol. The maximum absolute atomic E-state index is 6.15. The lowest BCUT2D eigenvalue weighted by Crippen LogP contribution is -2.51. The van der Waals surface area contributed by atoms with E-state index in [0.29, 0.717) is 6.10 Å². The molecule has 3 heteroatoms.